The number of aromatic carboxylic acids is 1. The summed E-state index contributed by atoms with van der Waals surface area (Å²) in [7, 11) is 0. The van der Waals surface area contributed by atoms with Crippen LogP contribution in [0.5, 0.6) is 0 Å². The van der Waals surface area contributed by atoms with Gasteiger partial charge < -0.3 is 25.4 Å². The van der Waals surface area contributed by atoms with Crippen LogP contribution in [0.15, 0.2) is 18.2 Å². The molecule has 8 heteroatoms. The van der Waals surface area contributed by atoms with Crippen molar-refractivity contribution in [3.63, 3.8) is 0 Å². The lowest BCUT2D eigenvalue weighted by molar-refractivity contribution is 0.0127. The third-order valence-corrected chi connectivity index (χ3v) is 2.73. The Hall–Kier alpha value is -2.19. The molecule has 0 aliphatic rings. The van der Waals surface area contributed by atoms with Gasteiger partial charge in [0, 0.05) is 6.54 Å². The lowest BCUT2D eigenvalue weighted by atomic mass is 10.0. The summed E-state index contributed by atoms with van der Waals surface area (Å²) >= 11 is 0. The summed E-state index contributed by atoms with van der Waals surface area (Å²) < 4.78 is 18.3. The molecule has 0 heterocycles. The van der Waals surface area contributed by atoms with Crippen molar-refractivity contribution < 1.29 is 34.0 Å². The lowest BCUT2D eigenvalue weighted by Crippen LogP contribution is -2.38. The van der Waals surface area contributed by atoms with Crippen LogP contribution in [-0.2, 0) is 4.74 Å². The number of alkyl carbamates (subject to hydrolysis) is 1. The van der Waals surface area contributed by atoms with Crippen LogP contribution < -0.4 is 5.32 Å². The number of aliphatic hydroxyl groups is 2. The summed E-state index contributed by atoms with van der Waals surface area (Å²) in [5.74, 6) is -2.22. The molecule has 7 nitrogen and oxygen atoms in total. The molecular formula is C15H20FNO6. The van der Waals surface area contributed by atoms with E-state index in [1.165, 1.54) is 0 Å². The number of benzene rings is 1. The minimum absolute atomic E-state index is 0.110. The van der Waals surface area contributed by atoms with E-state index in [9.17, 15) is 24.2 Å². The van der Waals surface area contributed by atoms with Gasteiger partial charge in [0.15, 0.2) is 0 Å². The van der Waals surface area contributed by atoms with E-state index in [0.29, 0.717) is 0 Å². The SMILES string of the molecule is CC(C)(C)OC(=O)NCC(O)C(O)c1cc(F)cc(C(=O)O)c1. The normalized spacial score (nSPS) is 14.0. The molecule has 1 amide bonds. The number of carboxylic acids is 1. The van der Waals surface area contributed by atoms with Gasteiger partial charge in [0.2, 0.25) is 0 Å². The van der Waals surface area contributed by atoms with Gasteiger partial charge in [-0.15, -0.1) is 0 Å². The molecule has 0 fully saturated rings. The maximum atomic E-state index is 13.4. The molecule has 1 aromatic carbocycles. The molecule has 2 atom stereocenters. The second-order valence-corrected chi connectivity index (χ2v) is 5.97. The summed E-state index contributed by atoms with van der Waals surface area (Å²) in [4.78, 5) is 22.3. The van der Waals surface area contributed by atoms with Crippen LogP contribution in [0.2, 0.25) is 0 Å². The molecule has 1 aromatic rings. The molecular weight excluding hydrogens is 309 g/mol. The van der Waals surface area contributed by atoms with E-state index in [4.69, 9.17) is 9.84 Å². The van der Waals surface area contributed by atoms with E-state index >= 15 is 0 Å². The molecule has 0 aromatic heterocycles. The molecule has 4 N–H and O–H groups in total. The van der Waals surface area contributed by atoms with Crippen LogP contribution in [0.1, 0.15) is 42.8 Å². The Bertz CT molecular complexity index is 584. The monoisotopic (exact) mass is 329 g/mol. The zero-order valence-corrected chi connectivity index (χ0v) is 13.0. The van der Waals surface area contributed by atoms with Crippen molar-refractivity contribution in [3.8, 4) is 0 Å². The maximum absolute atomic E-state index is 13.4. The first kappa shape index (κ1) is 18.9. The number of rotatable bonds is 5. The molecule has 2 unspecified atom stereocenters. The zero-order valence-electron chi connectivity index (χ0n) is 13.0. The van der Waals surface area contributed by atoms with Crippen molar-refractivity contribution in [2.45, 2.75) is 38.6 Å². The molecule has 0 aliphatic heterocycles. The Balaban J connectivity index is 2.72. The van der Waals surface area contributed by atoms with Crippen LogP contribution >= 0.6 is 0 Å². The summed E-state index contributed by atoms with van der Waals surface area (Å²) in [6, 6.07) is 2.75. The lowest BCUT2D eigenvalue weighted by Gasteiger charge is -2.22. The average molecular weight is 329 g/mol. The second kappa shape index (κ2) is 7.38. The minimum atomic E-state index is -1.57. The highest BCUT2D eigenvalue weighted by Gasteiger charge is 2.23. The number of carboxylic acid groups (broad SMARTS) is 1. The number of aliphatic hydroxyl groups excluding tert-OH is 2. The average Bonchev–Trinajstić information content (AvgIpc) is 2.41. The summed E-state index contributed by atoms with van der Waals surface area (Å²) in [6.07, 6.45) is -3.82. The highest BCUT2D eigenvalue weighted by molar-refractivity contribution is 5.87. The second-order valence-electron chi connectivity index (χ2n) is 5.97. The van der Waals surface area contributed by atoms with Gasteiger partial charge in [0.25, 0.3) is 0 Å². The van der Waals surface area contributed by atoms with E-state index in [1.807, 2.05) is 0 Å². The summed E-state index contributed by atoms with van der Waals surface area (Å²) in [6.45, 7) is 4.64. The quantitative estimate of drug-likeness (QED) is 0.649. The van der Waals surface area contributed by atoms with Crippen LogP contribution in [0.4, 0.5) is 9.18 Å². The Morgan fingerprint density at radius 3 is 2.39 bits per heavy atom. The Labute approximate surface area is 132 Å². The van der Waals surface area contributed by atoms with Crippen LogP contribution in [-0.4, -0.2) is 45.6 Å². The summed E-state index contributed by atoms with van der Waals surface area (Å²) in [5, 5.41) is 30.9. The number of halogens is 1. The first-order valence-electron chi connectivity index (χ1n) is 6.86. The highest BCUT2D eigenvalue weighted by atomic mass is 19.1. The molecule has 1 rings (SSSR count). The zero-order chi connectivity index (χ0) is 17.8. The number of carbonyl (C=O) groups is 2. The topological polar surface area (TPSA) is 116 Å². The number of hydrogen-bond donors (Lipinski definition) is 4. The van der Waals surface area contributed by atoms with Crippen LogP contribution in [0.25, 0.3) is 0 Å². The third kappa shape index (κ3) is 6.21. The molecule has 0 saturated heterocycles. The van der Waals surface area contributed by atoms with Crippen molar-refractivity contribution in [3.05, 3.63) is 35.1 Å². The van der Waals surface area contributed by atoms with Gasteiger partial charge >= 0.3 is 12.1 Å². The van der Waals surface area contributed by atoms with E-state index < -0.39 is 35.7 Å². The third-order valence-electron chi connectivity index (χ3n) is 2.73. The van der Waals surface area contributed by atoms with Crippen LogP contribution in [0, 0.1) is 5.82 Å². The van der Waals surface area contributed by atoms with E-state index in [-0.39, 0.29) is 17.7 Å². The maximum Gasteiger partial charge on any atom is 0.407 e. The standard InChI is InChI=1S/C15H20FNO6/c1-15(2,3)23-14(22)17-7-11(18)12(19)8-4-9(13(20)21)6-10(16)5-8/h4-6,11-12,18-19H,7H2,1-3H3,(H,17,22)(H,20,21). The number of amides is 1. The van der Waals surface area contributed by atoms with Gasteiger partial charge in [-0.3, -0.25) is 0 Å². The van der Waals surface area contributed by atoms with Gasteiger partial charge in [-0.25, -0.2) is 14.0 Å². The highest BCUT2D eigenvalue weighted by Crippen LogP contribution is 2.20. The van der Waals surface area contributed by atoms with Crippen molar-refractivity contribution in [1.29, 1.82) is 0 Å². The molecule has 0 bridgehead atoms. The van der Waals surface area contributed by atoms with Gasteiger partial charge in [0.05, 0.1) is 5.56 Å². The van der Waals surface area contributed by atoms with Crippen molar-refractivity contribution in [2.24, 2.45) is 0 Å². The predicted molar refractivity (Wildman–Crippen MR) is 78.6 cm³/mol. The molecule has 128 valence electrons. The van der Waals surface area contributed by atoms with E-state index in [2.05, 4.69) is 5.32 Å². The molecule has 0 saturated carbocycles. The van der Waals surface area contributed by atoms with Gasteiger partial charge in [-0.05, 0) is 44.5 Å². The number of ether oxygens (including phenoxy) is 1. The first-order chi connectivity index (χ1) is 10.5. The van der Waals surface area contributed by atoms with E-state index in [1.54, 1.807) is 20.8 Å². The van der Waals surface area contributed by atoms with Gasteiger partial charge in [0.1, 0.15) is 23.6 Å². The minimum Gasteiger partial charge on any atom is -0.478 e. The van der Waals surface area contributed by atoms with Crippen molar-refractivity contribution in [2.75, 3.05) is 6.54 Å². The Morgan fingerprint density at radius 2 is 1.87 bits per heavy atom. The Kier molecular flexibility index (Phi) is 6.05. The van der Waals surface area contributed by atoms with E-state index in [0.717, 1.165) is 18.2 Å². The fourth-order valence-electron chi connectivity index (χ4n) is 1.74. The van der Waals surface area contributed by atoms with Crippen molar-refractivity contribution >= 4 is 12.1 Å². The molecule has 0 aliphatic carbocycles. The molecule has 0 spiro atoms. The van der Waals surface area contributed by atoms with Gasteiger partial charge in [-0.1, -0.05) is 0 Å². The predicted octanol–water partition coefficient (Wildman–Crippen LogP) is 1.44. The Morgan fingerprint density at radius 1 is 1.26 bits per heavy atom. The summed E-state index contributed by atoms with van der Waals surface area (Å²) in [5.41, 5.74) is -1.18. The molecule has 0 radical (unpaired) electrons. The fraction of sp³-hybridized carbons (Fsp3) is 0.467. The van der Waals surface area contributed by atoms with Crippen molar-refractivity contribution in [1.82, 2.24) is 5.32 Å². The largest absolute Gasteiger partial charge is 0.478 e. The molecule has 23 heavy (non-hydrogen) atoms. The number of nitrogens with one attached hydrogen (secondary N) is 1. The smallest absolute Gasteiger partial charge is 0.407 e. The number of carbonyl (C=O) groups excluding carboxylic acids is 1. The number of hydrogen-bond acceptors (Lipinski definition) is 5. The van der Waals surface area contributed by atoms with Crippen LogP contribution in [0.3, 0.4) is 0 Å². The van der Waals surface area contributed by atoms with Gasteiger partial charge in [-0.2, -0.15) is 0 Å². The first-order valence-corrected chi connectivity index (χ1v) is 6.86. The fourth-order valence-corrected chi connectivity index (χ4v) is 1.74.